The molecular weight excluding hydrogens is 374 g/mol. The second kappa shape index (κ2) is 8.67. The highest BCUT2D eigenvalue weighted by atomic mass is 32.2. The predicted octanol–water partition coefficient (Wildman–Crippen LogP) is 5.21. The van der Waals surface area contributed by atoms with Gasteiger partial charge in [-0.3, -0.25) is 10.1 Å². The Labute approximate surface area is 167 Å². The summed E-state index contributed by atoms with van der Waals surface area (Å²) in [5.41, 5.74) is 2.70. The van der Waals surface area contributed by atoms with Crippen molar-refractivity contribution in [3.63, 3.8) is 0 Å². The zero-order chi connectivity index (χ0) is 19.3. The summed E-state index contributed by atoms with van der Waals surface area (Å²) in [5, 5.41) is 16.2. The fourth-order valence-corrected chi connectivity index (χ4v) is 4.59. The number of hydrogen-bond donors (Lipinski definition) is 2. The quantitative estimate of drug-likeness (QED) is 0.325. The highest BCUT2D eigenvalue weighted by molar-refractivity contribution is 7.98. The number of ether oxygens (including phenoxy) is 1. The van der Waals surface area contributed by atoms with E-state index in [0.717, 1.165) is 54.2 Å². The summed E-state index contributed by atoms with van der Waals surface area (Å²) < 4.78 is 5.41. The van der Waals surface area contributed by atoms with Gasteiger partial charge in [-0.2, -0.15) is 0 Å². The topological polar surface area (TPSA) is 80.2 Å². The second-order valence-electron chi connectivity index (χ2n) is 7.00. The highest BCUT2D eigenvalue weighted by Crippen LogP contribution is 2.40. The van der Waals surface area contributed by atoms with Crippen LogP contribution in [0.5, 0.6) is 0 Å². The molecule has 4 rings (SSSR count). The van der Waals surface area contributed by atoms with Gasteiger partial charge in [0.15, 0.2) is 0 Å². The normalized spacial score (nSPS) is 15.0. The molecule has 0 amide bonds. The molecule has 1 saturated heterocycles. The number of anilines is 1. The molecule has 0 radical (unpaired) electrons. The number of aromatic nitrogens is 1. The van der Waals surface area contributed by atoms with E-state index < -0.39 is 0 Å². The molecule has 2 heterocycles. The van der Waals surface area contributed by atoms with Crippen molar-refractivity contribution in [2.75, 3.05) is 25.1 Å². The van der Waals surface area contributed by atoms with Gasteiger partial charge in [-0.15, -0.1) is 11.8 Å². The molecule has 1 aromatic heterocycles. The van der Waals surface area contributed by atoms with Gasteiger partial charge in [0.2, 0.25) is 0 Å². The minimum absolute atomic E-state index is 0.123. The van der Waals surface area contributed by atoms with E-state index in [0.29, 0.717) is 11.6 Å². The Bertz CT molecular complexity index is 952. The number of aromatic amines is 1. The second-order valence-corrected chi connectivity index (χ2v) is 8.02. The Kier molecular flexibility index (Phi) is 5.83. The van der Waals surface area contributed by atoms with Crippen molar-refractivity contribution in [3.8, 4) is 0 Å². The van der Waals surface area contributed by atoms with Crippen LogP contribution in [0.2, 0.25) is 0 Å². The summed E-state index contributed by atoms with van der Waals surface area (Å²) in [6.07, 6.45) is 3.82. The third kappa shape index (κ3) is 4.15. The molecule has 28 heavy (non-hydrogen) atoms. The molecule has 7 heteroatoms. The third-order valence-electron chi connectivity index (χ3n) is 5.13. The number of nitrogens with zero attached hydrogens (tertiary/aromatic N) is 1. The van der Waals surface area contributed by atoms with Crippen LogP contribution in [-0.2, 0) is 10.5 Å². The molecule has 146 valence electrons. The van der Waals surface area contributed by atoms with Crippen molar-refractivity contribution >= 4 is 34.0 Å². The average molecular weight is 398 g/mol. The molecule has 0 saturated carbocycles. The number of nitro groups is 1. The fourth-order valence-electron chi connectivity index (χ4n) is 3.56. The van der Waals surface area contributed by atoms with Gasteiger partial charge < -0.3 is 15.0 Å². The van der Waals surface area contributed by atoms with Crippen molar-refractivity contribution in [1.82, 2.24) is 4.98 Å². The Morgan fingerprint density at radius 3 is 2.75 bits per heavy atom. The van der Waals surface area contributed by atoms with Gasteiger partial charge >= 0.3 is 0 Å². The van der Waals surface area contributed by atoms with Crippen LogP contribution in [0.15, 0.2) is 53.6 Å². The van der Waals surface area contributed by atoms with Crippen molar-refractivity contribution in [2.24, 2.45) is 5.92 Å². The van der Waals surface area contributed by atoms with Crippen LogP contribution in [0, 0.1) is 16.0 Å². The van der Waals surface area contributed by atoms with Gasteiger partial charge in [0, 0.05) is 48.1 Å². The Balaban J connectivity index is 1.61. The molecule has 0 spiro atoms. The first-order chi connectivity index (χ1) is 13.7. The lowest BCUT2D eigenvalue weighted by atomic mass is 10.0. The molecule has 0 bridgehead atoms. The van der Waals surface area contributed by atoms with Crippen LogP contribution in [0.3, 0.4) is 0 Å². The maximum atomic E-state index is 11.8. The van der Waals surface area contributed by atoms with E-state index in [-0.39, 0.29) is 10.6 Å². The molecule has 6 nitrogen and oxygen atoms in total. The van der Waals surface area contributed by atoms with Crippen LogP contribution in [0.1, 0.15) is 18.4 Å². The number of hydrogen-bond acceptors (Lipinski definition) is 5. The van der Waals surface area contributed by atoms with Gasteiger partial charge in [0.25, 0.3) is 5.69 Å². The molecule has 2 N–H and O–H groups in total. The zero-order valence-corrected chi connectivity index (χ0v) is 16.3. The Morgan fingerprint density at radius 2 is 2.00 bits per heavy atom. The molecule has 1 aliphatic rings. The number of nitro benzene ring substituents is 1. The summed E-state index contributed by atoms with van der Waals surface area (Å²) in [6, 6.07) is 13.8. The van der Waals surface area contributed by atoms with E-state index in [4.69, 9.17) is 4.74 Å². The molecule has 3 aromatic rings. The molecule has 0 aliphatic carbocycles. The fraction of sp³-hybridized carbons (Fsp3) is 0.333. The van der Waals surface area contributed by atoms with E-state index >= 15 is 0 Å². The van der Waals surface area contributed by atoms with Crippen molar-refractivity contribution < 1.29 is 9.66 Å². The maximum absolute atomic E-state index is 11.8. The number of fused-ring (bicyclic) bond motifs is 1. The van der Waals surface area contributed by atoms with Gasteiger partial charge in [0.05, 0.1) is 10.4 Å². The lowest BCUT2D eigenvalue weighted by molar-refractivity contribution is -0.384. The summed E-state index contributed by atoms with van der Waals surface area (Å²) in [6.45, 7) is 2.25. The maximum Gasteiger partial charge on any atom is 0.295 e. The summed E-state index contributed by atoms with van der Waals surface area (Å²) in [4.78, 5) is 15.6. The number of rotatable bonds is 7. The predicted molar refractivity (Wildman–Crippen MR) is 113 cm³/mol. The molecule has 2 aromatic carbocycles. The minimum atomic E-state index is -0.292. The van der Waals surface area contributed by atoms with Crippen LogP contribution in [-0.4, -0.2) is 29.7 Å². The summed E-state index contributed by atoms with van der Waals surface area (Å²) in [5.74, 6) is 1.25. The number of nitrogens with one attached hydrogen (secondary N) is 2. The van der Waals surface area contributed by atoms with E-state index in [1.165, 1.54) is 5.56 Å². The van der Waals surface area contributed by atoms with Crippen LogP contribution < -0.4 is 5.32 Å². The van der Waals surface area contributed by atoms with Crippen LogP contribution in [0.4, 0.5) is 11.4 Å². The van der Waals surface area contributed by atoms with Crippen molar-refractivity contribution in [1.29, 1.82) is 0 Å². The Morgan fingerprint density at radius 1 is 1.21 bits per heavy atom. The molecular formula is C21H23N3O3S. The van der Waals surface area contributed by atoms with E-state index in [2.05, 4.69) is 22.4 Å². The van der Waals surface area contributed by atoms with Gasteiger partial charge in [-0.05, 0) is 30.4 Å². The SMILES string of the molecule is O=[N+]([O-])c1cc(SCc2ccccc2)c2cc[nH]c2c1NCC1CCOCC1. The van der Waals surface area contributed by atoms with E-state index in [1.807, 2.05) is 30.5 Å². The average Bonchev–Trinajstić information content (AvgIpc) is 3.22. The van der Waals surface area contributed by atoms with Crippen LogP contribution in [0.25, 0.3) is 10.9 Å². The van der Waals surface area contributed by atoms with Gasteiger partial charge in [-0.25, -0.2) is 0 Å². The Hall–Kier alpha value is -2.51. The molecule has 0 unspecified atom stereocenters. The molecule has 0 atom stereocenters. The molecule has 1 aliphatic heterocycles. The zero-order valence-electron chi connectivity index (χ0n) is 15.5. The summed E-state index contributed by atoms with van der Waals surface area (Å²) in [7, 11) is 0. The van der Waals surface area contributed by atoms with Crippen LogP contribution >= 0.6 is 11.8 Å². The van der Waals surface area contributed by atoms with Gasteiger partial charge in [0.1, 0.15) is 5.69 Å². The van der Waals surface area contributed by atoms with Gasteiger partial charge in [-0.1, -0.05) is 30.3 Å². The first-order valence-corrected chi connectivity index (χ1v) is 10.5. The lowest BCUT2D eigenvalue weighted by Crippen LogP contribution is -2.23. The minimum Gasteiger partial charge on any atom is -0.381 e. The first kappa shape index (κ1) is 18.8. The lowest BCUT2D eigenvalue weighted by Gasteiger charge is -2.23. The smallest absolute Gasteiger partial charge is 0.295 e. The van der Waals surface area contributed by atoms with E-state index in [9.17, 15) is 10.1 Å². The summed E-state index contributed by atoms with van der Waals surface area (Å²) >= 11 is 1.63. The number of thioether (sulfide) groups is 1. The standard InChI is InChI=1S/C21H23N3O3S/c25-24(26)18-12-19(28-14-16-4-2-1-3-5-16)17-6-9-22-20(17)21(18)23-13-15-7-10-27-11-8-15/h1-6,9,12,15,22-23H,7-8,10-11,13-14H2. The molecule has 1 fully saturated rings. The third-order valence-corrected chi connectivity index (χ3v) is 6.26. The highest BCUT2D eigenvalue weighted by Gasteiger charge is 2.23. The largest absolute Gasteiger partial charge is 0.381 e. The monoisotopic (exact) mass is 397 g/mol. The van der Waals surface area contributed by atoms with Crippen molar-refractivity contribution in [2.45, 2.75) is 23.5 Å². The van der Waals surface area contributed by atoms with Crippen molar-refractivity contribution in [3.05, 3.63) is 64.3 Å². The van der Waals surface area contributed by atoms with E-state index in [1.54, 1.807) is 17.8 Å². The number of benzene rings is 2. The first-order valence-electron chi connectivity index (χ1n) is 9.49. The number of H-pyrrole nitrogens is 1.